The van der Waals surface area contributed by atoms with E-state index in [4.69, 9.17) is 11.6 Å². The van der Waals surface area contributed by atoms with E-state index in [0.29, 0.717) is 6.04 Å². The zero-order valence-corrected chi connectivity index (χ0v) is 11.5. The minimum absolute atomic E-state index is 0.323. The van der Waals surface area contributed by atoms with Crippen molar-refractivity contribution in [3.63, 3.8) is 0 Å². The van der Waals surface area contributed by atoms with Crippen molar-refractivity contribution in [2.75, 3.05) is 0 Å². The molecule has 96 valence electrons. The summed E-state index contributed by atoms with van der Waals surface area (Å²) in [6.07, 6.45) is 4.94. The zero-order valence-electron chi connectivity index (χ0n) is 10.7. The predicted octanol–water partition coefficient (Wildman–Crippen LogP) is 3.31. The molecule has 0 fully saturated rings. The second kappa shape index (κ2) is 6.03. The molecule has 0 saturated carbocycles. The largest absolute Gasteiger partial charge is 0.306 e. The Bertz CT molecular complexity index is 507. The minimum atomic E-state index is 0.323. The molecule has 0 aliphatic carbocycles. The molecule has 1 aromatic heterocycles. The first-order chi connectivity index (χ1) is 8.69. The first-order valence-corrected chi connectivity index (χ1v) is 6.53. The number of rotatable bonds is 5. The van der Waals surface area contributed by atoms with Gasteiger partial charge in [0, 0.05) is 36.4 Å². The molecule has 3 nitrogen and oxygen atoms in total. The molecule has 0 spiro atoms. The van der Waals surface area contributed by atoms with Crippen molar-refractivity contribution in [2.24, 2.45) is 7.05 Å². The van der Waals surface area contributed by atoms with Crippen molar-refractivity contribution in [1.29, 1.82) is 0 Å². The van der Waals surface area contributed by atoms with Gasteiger partial charge in [0.25, 0.3) is 0 Å². The highest BCUT2D eigenvalue weighted by molar-refractivity contribution is 6.30. The molecule has 0 amide bonds. The van der Waals surface area contributed by atoms with Gasteiger partial charge in [-0.1, -0.05) is 30.7 Å². The van der Waals surface area contributed by atoms with E-state index in [1.54, 1.807) is 0 Å². The van der Waals surface area contributed by atoms with E-state index in [9.17, 15) is 0 Å². The van der Waals surface area contributed by atoms with Gasteiger partial charge in [0.1, 0.15) is 0 Å². The van der Waals surface area contributed by atoms with Crippen LogP contribution >= 0.6 is 11.6 Å². The highest BCUT2D eigenvalue weighted by atomic mass is 35.5. The monoisotopic (exact) mass is 263 g/mol. The predicted molar refractivity (Wildman–Crippen MR) is 74.5 cm³/mol. The Morgan fingerprint density at radius 2 is 2.28 bits per heavy atom. The molecular weight excluding hydrogens is 246 g/mol. The maximum absolute atomic E-state index is 6.03. The number of aryl methyl sites for hydroxylation is 1. The van der Waals surface area contributed by atoms with Crippen LogP contribution in [-0.4, -0.2) is 9.78 Å². The summed E-state index contributed by atoms with van der Waals surface area (Å²) >= 11 is 6.03. The molecule has 4 heteroatoms. The van der Waals surface area contributed by atoms with Gasteiger partial charge in [-0.15, -0.1) is 0 Å². The molecule has 0 aliphatic heterocycles. The summed E-state index contributed by atoms with van der Waals surface area (Å²) < 4.78 is 1.82. The van der Waals surface area contributed by atoms with Crippen LogP contribution in [0.4, 0.5) is 0 Å². The van der Waals surface area contributed by atoms with Gasteiger partial charge in [0.15, 0.2) is 0 Å². The average Bonchev–Trinajstić information content (AvgIpc) is 2.76. The van der Waals surface area contributed by atoms with Crippen LogP contribution in [0.5, 0.6) is 0 Å². The van der Waals surface area contributed by atoms with E-state index in [1.807, 2.05) is 42.3 Å². The third-order valence-corrected chi connectivity index (χ3v) is 3.21. The zero-order chi connectivity index (χ0) is 13.0. The maximum Gasteiger partial charge on any atom is 0.0534 e. The number of aromatic nitrogens is 2. The van der Waals surface area contributed by atoms with Crippen LogP contribution in [0.1, 0.15) is 30.5 Å². The number of hydrogen-bond acceptors (Lipinski definition) is 2. The lowest BCUT2D eigenvalue weighted by molar-refractivity contribution is 0.519. The molecule has 18 heavy (non-hydrogen) atoms. The summed E-state index contributed by atoms with van der Waals surface area (Å²) in [6, 6.07) is 8.34. The summed E-state index contributed by atoms with van der Waals surface area (Å²) in [6.45, 7) is 2.99. The molecule has 1 heterocycles. The Hall–Kier alpha value is -1.32. The van der Waals surface area contributed by atoms with Crippen molar-refractivity contribution < 1.29 is 0 Å². The average molecular weight is 264 g/mol. The van der Waals surface area contributed by atoms with Gasteiger partial charge >= 0.3 is 0 Å². The molecule has 1 unspecified atom stereocenters. The lowest BCUT2D eigenvalue weighted by atomic mass is 10.0. The van der Waals surface area contributed by atoms with E-state index >= 15 is 0 Å². The summed E-state index contributed by atoms with van der Waals surface area (Å²) in [5, 5.41) is 8.48. The number of halogens is 1. The highest BCUT2D eigenvalue weighted by Crippen LogP contribution is 2.20. The normalized spacial score (nSPS) is 12.6. The third kappa shape index (κ3) is 3.34. The Kier molecular flexibility index (Phi) is 4.39. The van der Waals surface area contributed by atoms with Gasteiger partial charge in [-0.25, -0.2) is 0 Å². The van der Waals surface area contributed by atoms with E-state index in [-0.39, 0.29) is 0 Å². The summed E-state index contributed by atoms with van der Waals surface area (Å²) in [5.74, 6) is 0. The molecule has 0 saturated heterocycles. The van der Waals surface area contributed by atoms with Gasteiger partial charge in [-0.3, -0.25) is 4.68 Å². The number of nitrogens with zero attached hydrogens (tertiary/aromatic N) is 2. The van der Waals surface area contributed by atoms with Crippen LogP contribution < -0.4 is 5.32 Å². The Morgan fingerprint density at radius 1 is 1.44 bits per heavy atom. The highest BCUT2D eigenvalue weighted by Gasteiger charge is 2.09. The summed E-state index contributed by atoms with van der Waals surface area (Å²) in [4.78, 5) is 0. The van der Waals surface area contributed by atoms with Crippen molar-refractivity contribution >= 4 is 11.6 Å². The third-order valence-electron chi connectivity index (χ3n) is 2.97. The second-order valence-corrected chi connectivity index (χ2v) is 4.86. The lowest BCUT2D eigenvalue weighted by Gasteiger charge is -2.17. The molecule has 0 radical (unpaired) electrons. The van der Waals surface area contributed by atoms with Crippen LogP contribution in [-0.2, 0) is 13.6 Å². The van der Waals surface area contributed by atoms with Crippen molar-refractivity contribution in [3.05, 3.63) is 52.8 Å². The molecule has 1 N–H and O–H groups in total. The number of hydrogen-bond donors (Lipinski definition) is 1. The molecule has 0 bridgehead atoms. The van der Waals surface area contributed by atoms with Crippen LogP contribution in [0.25, 0.3) is 0 Å². The van der Waals surface area contributed by atoms with Gasteiger partial charge in [-0.2, -0.15) is 5.10 Å². The minimum Gasteiger partial charge on any atom is -0.306 e. The molecular formula is C14H18ClN3. The van der Waals surface area contributed by atoms with Crippen molar-refractivity contribution in [3.8, 4) is 0 Å². The van der Waals surface area contributed by atoms with E-state index in [0.717, 1.165) is 18.0 Å². The number of nitrogens with one attached hydrogen (secondary N) is 1. The van der Waals surface area contributed by atoms with Crippen LogP contribution in [0, 0.1) is 0 Å². The van der Waals surface area contributed by atoms with Crippen LogP contribution in [0.2, 0.25) is 5.02 Å². The Labute approximate surface area is 113 Å². The summed E-state index contributed by atoms with van der Waals surface area (Å²) in [7, 11) is 1.93. The molecule has 1 aromatic carbocycles. The molecule has 2 rings (SSSR count). The standard InChI is InChI=1S/C14H18ClN3/c1-3-14(12-5-4-6-13(15)7-12)16-8-11-9-17-18(2)10-11/h4-7,9-10,14,16H,3,8H2,1-2H3. The maximum atomic E-state index is 6.03. The van der Waals surface area contributed by atoms with Gasteiger partial charge in [0.05, 0.1) is 6.20 Å². The Balaban J connectivity index is 2.01. The van der Waals surface area contributed by atoms with E-state index in [1.165, 1.54) is 11.1 Å². The van der Waals surface area contributed by atoms with Crippen molar-refractivity contribution in [2.45, 2.75) is 25.9 Å². The fraction of sp³-hybridized carbons (Fsp3) is 0.357. The first kappa shape index (κ1) is 13.1. The first-order valence-electron chi connectivity index (χ1n) is 6.15. The lowest BCUT2D eigenvalue weighted by Crippen LogP contribution is -2.20. The topological polar surface area (TPSA) is 29.9 Å². The van der Waals surface area contributed by atoms with E-state index < -0.39 is 0 Å². The fourth-order valence-corrected chi connectivity index (χ4v) is 2.22. The van der Waals surface area contributed by atoms with Gasteiger partial charge in [0.2, 0.25) is 0 Å². The second-order valence-electron chi connectivity index (χ2n) is 4.42. The van der Waals surface area contributed by atoms with Crippen molar-refractivity contribution in [1.82, 2.24) is 15.1 Å². The van der Waals surface area contributed by atoms with Gasteiger partial charge < -0.3 is 5.32 Å². The molecule has 0 aliphatic rings. The molecule has 2 aromatic rings. The SMILES string of the molecule is CCC(NCc1cnn(C)c1)c1cccc(Cl)c1. The summed E-state index contributed by atoms with van der Waals surface area (Å²) in [5.41, 5.74) is 2.42. The smallest absolute Gasteiger partial charge is 0.0534 e. The van der Waals surface area contributed by atoms with E-state index in [2.05, 4.69) is 23.4 Å². The number of benzene rings is 1. The van der Waals surface area contributed by atoms with Crippen LogP contribution in [0.3, 0.4) is 0 Å². The quantitative estimate of drug-likeness (QED) is 0.897. The molecule has 1 atom stereocenters. The van der Waals surface area contributed by atoms with Crippen LogP contribution in [0.15, 0.2) is 36.7 Å². The Morgan fingerprint density at radius 3 is 2.89 bits per heavy atom. The van der Waals surface area contributed by atoms with Gasteiger partial charge in [-0.05, 0) is 24.1 Å². The fourth-order valence-electron chi connectivity index (χ4n) is 2.03.